The zero-order chi connectivity index (χ0) is 22.0. The van der Waals surface area contributed by atoms with E-state index in [1.165, 1.54) is 13.2 Å². The Morgan fingerprint density at radius 2 is 1.48 bits per heavy atom. The number of anilines is 1. The van der Waals surface area contributed by atoms with E-state index in [0.717, 1.165) is 5.56 Å². The van der Waals surface area contributed by atoms with E-state index in [-0.39, 0.29) is 22.7 Å². The lowest BCUT2D eigenvalue weighted by molar-refractivity contribution is -0.111. The van der Waals surface area contributed by atoms with Gasteiger partial charge in [-0.25, -0.2) is 0 Å². The van der Waals surface area contributed by atoms with Gasteiger partial charge in [0.2, 0.25) is 5.91 Å². The lowest BCUT2D eigenvalue weighted by atomic mass is 9.83. The molecule has 0 saturated carbocycles. The van der Waals surface area contributed by atoms with Crippen LogP contribution < -0.4 is 14.8 Å². The lowest BCUT2D eigenvalue weighted by Gasteiger charge is -2.20. The average molecular weight is 413 g/mol. The molecule has 4 rings (SSSR count). The molecule has 154 valence electrons. The van der Waals surface area contributed by atoms with E-state index >= 15 is 0 Å². The number of benzene rings is 3. The number of carbonyl (C=O) groups is 3. The number of hydrogen-bond donors (Lipinski definition) is 1. The van der Waals surface area contributed by atoms with Crippen LogP contribution in [0.15, 0.2) is 66.7 Å². The van der Waals surface area contributed by atoms with Gasteiger partial charge < -0.3 is 14.8 Å². The number of hydrogen-bond acceptors (Lipinski definition) is 5. The summed E-state index contributed by atoms with van der Waals surface area (Å²) in [6.07, 6.45) is 2.97. The molecular weight excluding hydrogens is 394 g/mol. The molecule has 31 heavy (non-hydrogen) atoms. The van der Waals surface area contributed by atoms with Crippen LogP contribution >= 0.6 is 0 Å². The van der Waals surface area contributed by atoms with E-state index in [2.05, 4.69) is 5.32 Å². The Morgan fingerprint density at radius 1 is 0.806 bits per heavy atom. The predicted molar refractivity (Wildman–Crippen MR) is 117 cm³/mol. The number of nitrogens with one attached hydrogen (secondary N) is 1. The Bertz CT molecular complexity index is 1240. The molecule has 0 saturated heterocycles. The summed E-state index contributed by atoms with van der Waals surface area (Å²) in [7, 11) is 3.08. The summed E-state index contributed by atoms with van der Waals surface area (Å²) in [5.74, 6) is 0.183. The molecule has 1 N–H and O–H groups in total. The van der Waals surface area contributed by atoms with Gasteiger partial charge in [-0.05, 0) is 29.8 Å². The molecule has 3 aromatic rings. The van der Waals surface area contributed by atoms with E-state index in [9.17, 15) is 14.4 Å². The predicted octanol–water partition coefficient (Wildman–Crippen LogP) is 4.13. The lowest BCUT2D eigenvalue weighted by Crippen LogP contribution is -2.23. The minimum atomic E-state index is -0.428. The largest absolute Gasteiger partial charge is 0.493 e. The summed E-state index contributed by atoms with van der Waals surface area (Å²) >= 11 is 0. The van der Waals surface area contributed by atoms with Crippen molar-refractivity contribution >= 4 is 29.2 Å². The first-order chi connectivity index (χ1) is 15.0. The van der Waals surface area contributed by atoms with Gasteiger partial charge in [0.15, 0.2) is 23.1 Å². The smallest absolute Gasteiger partial charge is 0.248 e. The highest BCUT2D eigenvalue weighted by Gasteiger charge is 2.31. The molecule has 0 unspecified atom stereocenters. The number of methoxy groups -OCH3 is 2. The van der Waals surface area contributed by atoms with Crippen LogP contribution in [0.25, 0.3) is 6.08 Å². The number of amides is 1. The fourth-order valence-electron chi connectivity index (χ4n) is 3.55. The van der Waals surface area contributed by atoms with Gasteiger partial charge in [-0.2, -0.15) is 0 Å². The molecule has 0 aliphatic heterocycles. The van der Waals surface area contributed by atoms with Crippen molar-refractivity contribution in [1.29, 1.82) is 0 Å². The fraction of sp³-hybridized carbons (Fsp3) is 0.0800. The summed E-state index contributed by atoms with van der Waals surface area (Å²) in [6.45, 7) is 0. The SMILES string of the molecule is COc1ccc(/C=C/C(=O)Nc2cccc3c2C(=O)c2ccccc2C3=O)cc1OC. The van der Waals surface area contributed by atoms with Gasteiger partial charge in [-0.1, -0.05) is 42.5 Å². The van der Waals surface area contributed by atoms with Crippen LogP contribution in [0, 0.1) is 0 Å². The maximum Gasteiger partial charge on any atom is 0.248 e. The molecule has 1 amide bonds. The van der Waals surface area contributed by atoms with Crippen molar-refractivity contribution in [2.45, 2.75) is 0 Å². The van der Waals surface area contributed by atoms with Gasteiger partial charge in [0.25, 0.3) is 0 Å². The quantitative estimate of drug-likeness (QED) is 0.498. The average Bonchev–Trinajstić information content (AvgIpc) is 2.81. The second kappa shape index (κ2) is 8.28. The van der Waals surface area contributed by atoms with Crippen molar-refractivity contribution in [3.63, 3.8) is 0 Å². The number of ether oxygens (including phenoxy) is 2. The Hall–Kier alpha value is -4.19. The van der Waals surface area contributed by atoms with Crippen LogP contribution in [0.2, 0.25) is 0 Å². The van der Waals surface area contributed by atoms with Gasteiger partial charge in [0.05, 0.1) is 25.5 Å². The molecule has 0 spiro atoms. The van der Waals surface area contributed by atoms with Gasteiger partial charge in [0.1, 0.15) is 0 Å². The number of fused-ring (bicyclic) bond motifs is 2. The summed E-state index contributed by atoms with van der Waals surface area (Å²) in [4.78, 5) is 38.4. The standard InChI is InChI=1S/C25H19NO5/c1-30-20-12-10-15(14-21(20)31-2)11-13-22(27)26-19-9-5-8-18-23(19)25(29)17-7-4-3-6-16(17)24(18)28/h3-14H,1-2H3,(H,26,27)/b13-11+. The van der Waals surface area contributed by atoms with Gasteiger partial charge in [0, 0.05) is 22.8 Å². The monoisotopic (exact) mass is 413 g/mol. The molecule has 0 heterocycles. The van der Waals surface area contributed by atoms with Crippen molar-refractivity contribution in [3.05, 3.63) is 94.6 Å². The molecule has 6 heteroatoms. The van der Waals surface area contributed by atoms with Crippen LogP contribution in [0.5, 0.6) is 11.5 Å². The van der Waals surface area contributed by atoms with Crippen molar-refractivity contribution in [2.24, 2.45) is 0 Å². The second-order valence-electron chi connectivity index (χ2n) is 6.87. The first-order valence-electron chi connectivity index (χ1n) is 9.56. The zero-order valence-electron chi connectivity index (χ0n) is 17.0. The summed E-state index contributed by atoms with van der Waals surface area (Å²) in [6, 6.07) is 16.8. The number of rotatable bonds is 5. The third-order valence-electron chi connectivity index (χ3n) is 5.05. The molecule has 1 aliphatic rings. The van der Waals surface area contributed by atoms with Crippen molar-refractivity contribution < 1.29 is 23.9 Å². The highest BCUT2D eigenvalue weighted by Crippen LogP contribution is 2.32. The molecule has 0 aromatic heterocycles. The Labute approximate surface area is 179 Å². The third kappa shape index (κ3) is 3.71. The van der Waals surface area contributed by atoms with Crippen LogP contribution in [0.4, 0.5) is 5.69 Å². The summed E-state index contributed by atoms with van der Waals surface area (Å²) in [5, 5.41) is 2.72. The van der Waals surface area contributed by atoms with Crippen LogP contribution in [-0.2, 0) is 4.79 Å². The van der Waals surface area contributed by atoms with Gasteiger partial charge in [-0.15, -0.1) is 0 Å². The van der Waals surface area contributed by atoms with Crippen molar-refractivity contribution in [3.8, 4) is 11.5 Å². The van der Waals surface area contributed by atoms with E-state index in [1.807, 2.05) is 0 Å². The Balaban J connectivity index is 1.60. The molecule has 1 aliphatic carbocycles. The van der Waals surface area contributed by atoms with Gasteiger partial charge in [-0.3, -0.25) is 14.4 Å². The maximum atomic E-state index is 13.0. The van der Waals surface area contributed by atoms with E-state index in [1.54, 1.807) is 73.8 Å². The van der Waals surface area contributed by atoms with E-state index in [0.29, 0.717) is 28.3 Å². The third-order valence-corrected chi connectivity index (χ3v) is 5.05. The minimum absolute atomic E-state index is 0.207. The van der Waals surface area contributed by atoms with Crippen LogP contribution in [0.3, 0.4) is 0 Å². The van der Waals surface area contributed by atoms with Crippen LogP contribution in [0.1, 0.15) is 37.4 Å². The second-order valence-corrected chi connectivity index (χ2v) is 6.87. The fourth-order valence-corrected chi connectivity index (χ4v) is 3.55. The minimum Gasteiger partial charge on any atom is -0.493 e. The highest BCUT2D eigenvalue weighted by molar-refractivity contribution is 6.30. The van der Waals surface area contributed by atoms with Gasteiger partial charge >= 0.3 is 0 Å². The molecule has 0 atom stereocenters. The summed E-state index contributed by atoms with van der Waals surface area (Å²) in [5.41, 5.74) is 2.24. The normalized spacial score (nSPS) is 12.3. The number of carbonyl (C=O) groups excluding carboxylic acids is 3. The highest BCUT2D eigenvalue weighted by atomic mass is 16.5. The molecule has 0 radical (unpaired) electrons. The van der Waals surface area contributed by atoms with E-state index < -0.39 is 5.91 Å². The zero-order valence-corrected chi connectivity index (χ0v) is 17.0. The maximum absolute atomic E-state index is 13.0. The topological polar surface area (TPSA) is 81.7 Å². The van der Waals surface area contributed by atoms with Crippen molar-refractivity contribution in [2.75, 3.05) is 19.5 Å². The van der Waals surface area contributed by atoms with Crippen LogP contribution in [-0.4, -0.2) is 31.7 Å². The molecular formula is C25H19NO5. The first-order valence-corrected chi connectivity index (χ1v) is 9.56. The molecule has 0 bridgehead atoms. The van der Waals surface area contributed by atoms with E-state index in [4.69, 9.17) is 9.47 Å². The molecule has 3 aromatic carbocycles. The Kier molecular flexibility index (Phi) is 5.37. The molecule has 6 nitrogen and oxygen atoms in total. The summed E-state index contributed by atoms with van der Waals surface area (Å²) < 4.78 is 10.5. The molecule has 0 fully saturated rings. The first kappa shape index (κ1) is 20.1. The van der Waals surface area contributed by atoms with Crippen molar-refractivity contribution in [1.82, 2.24) is 0 Å². The Morgan fingerprint density at radius 3 is 2.19 bits per heavy atom. The number of ketones is 2.